The Balaban J connectivity index is 1.84. The lowest BCUT2D eigenvalue weighted by atomic mass is 10.1. The van der Waals surface area contributed by atoms with Crippen LogP contribution < -0.4 is 10.6 Å². The van der Waals surface area contributed by atoms with Crippen molar-refractivity contribution in [1.29, 1.82) is 0 Å². The number of hydrogen-bond acceptors (Lipinski definition) is 6. The van der Waals surface area contributed by atoms with E-state index in [2.05, 4.69) is 25.8 Å². The number of carbonyl (C=O) groups excluding carboxylic acids is 1. The van der Waals surface area contributed by atoms with Crippen LogP contribution >= 0.6 is 0 Å². The zero-order valence-corrected chi connectivity index (χ0v) is 10.4. The SMILES string of the molecule is Cc1ccncc1-c1noc(C2CNC(=O)CN2)n1. The van der Waals surface area contributed by atoms with Gasteiger partial charge < -0.3 is 9.84 Å². The normalized spacial score (nSPS) is 19.2. The minimum atomic E-state index is -0.143. The van der Waals surface area contributed by atoms with E-state index in [-0.39, 0.29) is 18.5 Å². The Morgan fingerprint density at radius 1 is 1.47 bits per heavy atom. The first-order valence-corrected chi connectivity index (χ1v) is 5.98. The van der Waals surface area contributed by atoms with Crippen LogP contribution in [0.3, 0.4) is 0 Å². The van der Waals surface area contributed by atoms with Gasteiger partial charge in [-0.15, -0.1) is 0 Å². The highest BCUT2D eigenvalue weighted by Gasteiger charge is 2.24. The van der Waals surface area contributed by atoms with Gasteiger partial charge in [0, 0.05) is 24.5 Å². The molecule has 2 N–H and O–H groups in total. The van der Waals surface area contributed by atoms with E-state index in [9.17, 15) is 4.79 Å². The summed E-state index contributed by atoms with van der Waals surface area (Å²) in [7, 11) is 0. The number of pyridine rings is 1. The van der Waals surface area contributed by atoms with Gasteiger partial charge in [0.1, 0.15) is 6.04 Å². The topological polar surface area (TPSA) is 92.9 Å². The number of hydrogen-bond donors (Lipinski definition) is 2. The maximum atomic E-state index is 11.1. The number of piperazine rings is 1. The monoisotopic (exact) mass is 259 g/mol. The molecular weight excluding hydrogens is 246 g/mol. The number of aromatic nitrogens is 3. The van der Waals surface area contributed by atoms with E-state index < -0.39 is 0 Å². The molecule has 2 aromatic rings. The van der Waals surface area contributed by atoms with Crippen molar-refractivity contribution in [3.05, 3.63) is 29.9 Å². The van der Waals surface area contributed by atoms with E-state index in [1.54, 1.807) is 12.4 Å². The van der Waals surface area contributed by atoms with Crippen LogP contribution in [0.2, 0.25) is 0 Å². The van der Waals surface area contributed by atoms with E-state index >= 15 is 0 Å². The van der Waals surface area contributed by atoms with Crippen LogP contribution in [0.25, 0.3) is 11.4 Å². The molecule has 1 unspecified atom stereocenters. The summed E-state index contributed by atoms with van der Waals surface area (Å²) in [6, 6.07) is 1.75. The fraction of sp³-hybridized carbons (Fsp3) is 0.333. The van der Waals surface area contributed by atoms with Crippen molar-refractivity contribution < 1.29 is 9.32 Å². The van der Waals surface area contributed by atoms with Crippen molar-refractivity contribution in [2.75, 3.05) is 13.1 Å². The van der Waals surface area contributed by atoms with Crippen LogP contribution in [-0.4, -0.2) is 34.1 Å². The summed E-state index contributed by atoms with van der Waals surface area (Å²) in [6.45, 7) is 2.67. The molecule has 98 valence electrons. The molecule has 19 heavy (non-hydrogen) atoms. The maximum Gasteiger partial charge on any atom is 0.245 e. The highest BCUT2D eigenvalue weighted by atomic mass is 16.5. The Morgan fingerprint density at radius 2 is 2.37 bits per heavy atom. The summed E-state index contributed by atoms with van der Waals surface area (Å²) in [5, 5.41) is 9.75. The van der Waals surface area contributed by atoms with Crippen molar-refractivity contribution in [2.24, 2.45) is 0 Å². The first-order chi connectivity index (χ1) is 9.24. The van der Waals surface area contributed by atoms with Crippen molar-refractivity contribution in [3.8, 4) is 11.4 Å². The predicted molar refractivity (Wildman–Crippen MR) is 66.0 cm³/mol. The Hall–Kier alpha value is -2.28. The number of rotatable bonds is 2. The quantitative estimate of drug-likeness (QED) is 0.800. The molecule has 3 heterocycles. The van der Waals surface area contributed by atoms with Gasteiger partial charge in [-0.1, -0.05) is 5.16 Å². The third kappa shape index (κ3) is 2.32. The number of nitrogens with one attached hydrogen (secondary N) is 2. The lowest BCUT2D eigenvalue weighted by molar-refractivity contribution is -0.121. The average Bonchev–Trinajstić information content (AvgIpc) is 2.89. The van der Waals surface area contributed by atoms with Gasteiger partial charge in [0.2, 0.25) is 17.6 Å². The van der Waals surface area contributed by atoms with E-state index in [1.807, 2.05) is 13.0 Å². The Bertz CT molecular complexity index is 600. The van der Waals surface area contributed by atoms with E-state index in [1.165, 1.54) is 0 Å². The summed E-state index contributed by atoms with van der Waals surface area (Å²) < 4.78 is 5.25. The van der Waals surface area contributed by atoms with Gasteiger partial charge in [0.05, 0.1) is 6.54 Å². The van der Waals surface area contributed by atoms with Crippen LogP contribution in [0.1, 0.15) is 17.5 Å². The Labute approximate surface area is 109 Å². The summed E-state index contributed by atoms with van der Waals surface area (Å²) >= 11 is 0. The van der Waals surface area contributed by atoms with Crippen molar-refractivity contribution >= 4 is 5.91 Å². The van der Waals surface area contributed by atoms with Crippen molar-refractivity contribution in [2.45, 2.75) is 13.0 Å². The van der Waals surface area contributed by atoms with Gasteiger partial charge >= 0.3 is 0 Å². The Kier molecular flexibility index (Phi) is 2.96. The largest absolute Gasteiger partial charge is 0.353 e. The van der Waals surface area contributed by atoms with Gasteiger partial charge in [0.25, 0.3) is 0 Å². The fourth-order valence-corrected chi connectivity index (χ4v) is 1.93. The fourth-order valence-electron chi connectivity index (χ4n) is 1.93. The molecule has 7 heteroatoms. The summed E-state index contributed by atoms with van der Waals surface area (Å²) in [6.07, 6.45) is 3.43. The molecule has 1 aliphatic heterocycles. The summed E-state index contributed by atoms with van der Waals surface area (Å²) in [5.41, 5.74) is 1.88. The van der Waals surface area contributed by atoms with Crippen LogP contribution in [-0.2, 0) is 4.79 Å². The van der Waals surface area contributed by atoms with Crippen LogP contribution in [0, 0.1) is 6.92 Å². The Morgan fingerprint density at radius 3 is 3.11 bits per heavy atom. The molecule has 0 aromatic carbocycles. The second kappa shape index (κ2) is 4.77. The summed E-state index contributed by atoms with van der Waals surface area (Å²) in [5.74, 6) is 0.955. The highest BCUT2D eigenvalue weighted by molar-refractivity contribution is 5.78. The second-order valence-electron chi connectivity index (χ2n) is 4.38. The van der Waals surface area contributed by atoms with Crippen molar-refractivity contribution in [3.63, 3.8) is 0 Å². The molecule has 2 aromatic heterocycles. The minimum absolute atomic E-state index is 0.0286. The molecule has 3 rings (SSSR count). The third-order valence-corrected chi connectivity index (χ3v) is 3.03. The van der Waals surface area contributed by atoms with Gasteiger partial charge in [-0.05, 0) is 18.6 Å². The smallest absolute Gasteiger partial charge is 0.245 e. The molecule has 7 nitrogen and oxygen atoms in total. The number of nitrogens with zero attached hydrogens (tertiary/aromatic N) is 3. The summed E-state index contributed by atoms with van der Waals surface area (Å²) in [4.78, 5) is 19.5. The number of amides is 1. The molecule has 1 amide bonds. The average molecular weight is 259 g/mol. The molecular formula is C12H13N5O2. The molecule has 0 saturated carbocycles. The predicted octanol–water partition coefficient (Wildman–Crippen LogP) is 0.201. The van der Waals surface area contributed by atoms with Gasteiger partial charge in [-0.25, -0.2) is 0 Å². The van der Waals surface area contributed by atoms with E-state index in [0.717, 1.165) is 11.1 Å². The van der Waals surface area contributed by atoms with Crippen molar-refractivity contribution in [1.82, 2.24) is 25.8 Å². The van der Waals surface area contributed by atoms with Gasteiger partial charge in [0.15, 0.2) is 0 Å². The van der Waals surface area contributed by atoms with Gasteiger partial charge in [-0.2, -0.15) is 4.98 Å². The van der Waals surface area contributed by atoms with E-state index in [0.29, 0.717) is 18.3 Å². The number of carbonyl (C=O) groups is 1. The molecule has 0 radical (unpaired) electrons. The molecule has 1 aliphatic rings. The van der Waals surface area contributed by atoms with Crippen LogP contribution in [0.15, 0.2) is 23.0 Å². The lowest BCUT2D eigenvalue weighted by Gasteiger charge is -2.20. The molecule has 0 spiro atoms. The third-order valence-electron chi connectivity index (χ3n) is 3.03. The molecule has 1 atom stereocenters. The van der Waals surface area contributed by atoms with Crippen LogP contribution in [0.5, 0.6) is 0 Å². The molecule has 1 saturated heterocycles. The van der Waals surface area contributed by atoms with E-state index in [4.69, 9.17) is 4.52 Å². The molecule has 1 fully saturated rings. The first kappa shape index (κ1) is 11.8. The zero-order valence-electron chi connectivity index (χ0n) is 10.4. The second-order valence-corrected chi connectivity index (χ2v) is 4.38. The molecule has 0 bridgehead atoms. The maximum absolute atomic E-state index is 11.1. The van der Waals surface area contributed by atoms with Crippen LogP contribution in [0.4, 0.5) is 0 Å². The highest BCUT2D eigenvalue weighted by Crippen LogP contribution is 2.21. The first-order valence-electron chi connectivity index (χ1n) is 5.98. The standard InChI is InChI=1S/C12H13N5O2/c1-7-2-3-13-4-8(7)11-16-12(19-17-11)9-5-15-10(18)6-14-9/h2-4,9,14H,5-6H2,1H3,(H,15,18). The number of aryl methyl sites for hydroxylation is 1. The van der Waals surface area contributed by atoms with Gasteiger partial charge in [-0.3, -0.25) is 15.1 Å². The molecule has 0 aliphatic carbocycles. The lowest BCUT2D eigenvalue weighted by Crippen LogP contribution is -2.47. The zero-order chi connectivity index (χ0) is 13.2. The minimum Gasteiger partial charge on any atom is -0.353 e.